The Balaban J connectivity index is 1.55. The van der Waals surface area contributed by atoms with Gasteiger partial charge in [0.25, 0.3) is 0 Å². The Kier molecular flexibility index (Phi) is 5.64. The summed E-state index contributed by atoms with van der Waals surface area (Å²) >= 11 is 1.62. The zero-order chi connectivity index (χ0) is 18.7. The van der Waals surface area contributed by atoms with E-state index in [-0.39, 0.29) is 6.03 Å². The Morgan fingerprint density at radius 2 is 1.73 bits per heavy atom. The summed E-state index contributed by atoms with van der Waals surface area (Å²) in [7, 11) is -3.50. The Bertz CT molecular complexity index is 867. The Morgan fingerprint density at radius 1 is 1.08 bits per heavy atom. The zero-order valence-electron chi connectivity index (χ0n) is 14.9. The summed E-state index contributed by atoms with van der Waals surface area (Å²) in [6, 6.07) is 8.73. The molecule has 1 aromatic carbocycles. The van der Waals surface area contributed by atoms with Gasteiger partial charge in [0, 0.05) is 31.1 Å². The minimum atomic E-state index is -3.50. The summed E-state index contributed by atoms with van der Waals surface area (Å²) in [6.07, 6.45) is 0. The first-order valence-corrected chi connectivity index (χ1v) is 10.8. The van der Waals surface area contributed by atoms with Crippen molar-refractivity contribution < 1.29 is 13.2 Å². The maximum Gasteiger partial charge on any atom is 0.317 e. The molecule has 26 heavy (non-hydrogen) atoms. The van der Waals surface area contributed by atoms with E-state index >= 15 is 0 Å². The summed E-state index contributed by atoms with van der Waals surface area (Å²) < 4.78 is 26.9. The molecule has 0 aliphatic carbocycles. The molecule has 0 unspecified atom stereocenters. The van der Waals surface area contributed by atoms with Crippen LogP contribution < -0.4 is 5.32 Å². The molecule has 6 nitrogen and oxygen atoms in total. The van der Waals surface area contributed by atoms with Gasteiger partial charge in [0.05, 0.1) is 11.4 Å². The van der Waals surface area contributed by atoms with E-state index in [1.807, 2.05) is 25.3 Å². The second-order valence-corrected chi connectivity index (χ2v) is 9.33. The van der Waals surface area contributed by atoms with Crippen LogP contribution in [0, 0.1) is 13.8 Å². The third kappa shape index (κ3) is 4.08. The topological polar surface area (TPSA) is 69.7 Å². The van der Waals surface area contributed by atoms with E-state index in [9.17, 15) is 13.2 Å². The van der Waals surface area contributed by atoms with Gasteiger partial charge in [-0.2, -0.15) is 4.31 Å². The number of piperazine rings is 1. The second-order valence-electron chi connectivity index (χ2n) is 6.39. The van der Waals surface area contributed by atoms with Gasteiger partial charge in [-0.15, -0.1) is 11.3 Å². The van der Waals surface area contributed by atoms with Crippen LogP contribution >= 0.6 is 11.3 Å². The van der Waals surface area contributed by atoms with E-state index in [1.54, 1.807) is 40.5 Å². The Morgan fingerprint density at radius 3 is 2.31 bits per heavy atom. The number of carbonyl (C=O) groups excluding carboxylic acids is 1. The van der Waals surface area contributed by atoms with Gasteiger partial charge in [0.2, 0.25) is 10.0 Å². The third-order valence-electron chi connectivity index (χ3n) is 4.55. The number of hydrogen-bond acceptors (Lipinski definition) is 4. The second kappa shape index (κ2) is 7.77. The highest BCUT2D eigenvalue weighted by atomic mass is 32.2. The Labute approximate surface area is 158 Å². The molecule has 1 saturated heterocycles. The molecule has 2 aromatic rings. The molecule has 0 bridgehead atoms. The van der Waals surface area contributed by atoms with Gasteiger partial charge in [-0.05, 0) is 43.0 Å². The van der Waals surface area contributed by atoms with Gasteiger partial charge in [-0.1, -0.05) is 17.7 Å². The molecule has 140 valence electrons. The van der Waals surface area contributed by atoms with Crippen molar-refractivity contribution in [3.8, 4) is 0 Å². The van der Waals surface area contributed by atoms with Crippen LogP contribution in [-0.2, 0) is 16.6 Å². The summed E-state index contributed by atoms with van der Waals surface area (Å²) in [6.45, 7) is 5.84. The highest BCUT2D eigenvalue weighted by molar-refractivity contribution is 7.89. The number of benzene rings is 1. The lowest BCUT2D eigenvalue weighted by Crippen LogP contribution is -2.52. The number of aryl methyl sites for hydroxylation is 2. The molecule has 0 saturated carbocycles. The van der Waals surface area contributed by atoms with E-state index in [4.69, 9.17) is 0 Å². The van der Waals surface area contributed by atoms with E-state index in [1.165, 1.54) is 9.87 Å². The molecule has 1 N–H and O–H groups in total. The number of thiophene rings is 1. The standard InChI is InChI=1S/C18H23N3O3S2/c1-14-3-5-16(6-4-14)26(23,24)21-10-8-20(9-11-21)18(22)19-13-17-15(2)7-12-25-17/h3-7,12H,8-11,13H2,1-2H3,(H,19,22). The average Bonchev–Trinajstić information content (AvgIpc) is 3.05. The van der Waals surface area contributed by atoms with Crippen LogP contribution in [0.1, 0.15) is 16.0 Å². The molecule has 0 radical (unpaired) electrons. The van der Waals surface area contributed by atoms with Gasteiger partial charge in [0.15, 0.2) is 0 Å². The lowest BCUT2D eigenvalue weighted by Gasteiger charge is -2.34. The summed E-state index contributed by atoms with van der Waals surface area (Å²) in [5.74, 6) is 0. The van der Waals surface area contributed by atoms with Crippen molar-refractivity contribution >= 4 is 27.4 Å². The van der Waals surface area contributed by atoms with E-state index in [0.29, 0.717) is 37.6 Å². The van der Waals surface area contributed by atoms with Crippen molar-refractivity contribution in [1.82, 2.24) is 14.5 Å². The van der Waals surface area contributed by atoms with Crippen LogP contribution in [-0.4, -0.2) is 49.8 Å². The van der Waals surface area contributed by atoms with Gasteiger partial charge < -0.3 is 10.2 Å². The first-order valence-electron chi connectivity index (χ1n) is 8.50. The number of rotatable bonds is 4. The normalized spacial score (nSPS) is 15.8. The molecule has 1 fully saturated rings. The zero-order valence-corrected chi connectivity index (χ0v) is 16.6. The smallest absolute Gasteiger partial charge is 0.317 e. The molecule has 8 heteroatoms. The number of nitrogens with one attached hydrogen (secondary N) is 1. The molecule has 2 amide bonds. The first-order chi connectivity index (χ1) is 12.4. The maximum absolute atomic E-state index is 12.7. The number of carbonyl (C=O) groups is 1. The Hall–Kier alpha value is -1.90. The van der Waals surface area contributed by atoms with Gasteiger partial charge in [-0.3, -0.25) is 0 Å². The summed E-state index contributed by atoms with van der Waals surface area (Å²) in [5.41, 5.74) is 2.19. The molecule has 1 aliphatic heterocycles. The van der Waals surface area contributed by atoms with Crippen molar-refractivity contribution in [3.63, 3.8) is 0 Å². The SMILES string of the molecule is Cc1ccc(S(=O)(=O)N2CCN(C(=O)NCc3sccc3C)CC2)cc1. The monoisotopic (exact) mass is 393 g/mol. The highest BCUT2D eigenvalue weighted by Gasteiger charge is 2.30. The van der Waals surface area contributed by atoms with Crippen LogP contribution in [0.25, 0.3) is 0 Å². The van der Waals surface area contributed by atoms with Crippen molar-refractivity contribution in [2.45, 2.75) is 25.3 Å². The number of urea groups is 1. The van der Waals surface area contributed by atoms with E-state index < -0.39 is 10.0 Å². The number of amides is 2. The van der Waals surface area contributed by atoms with Crippen molar-refractivity contribution in [1.29, 1.82) is 0 Å². The highest BCUT2D eigenvalue weighted by Crippen LogP contribution is 2.19. The average molecular weight is 394 g/mol. The fourth-order valence-corrected chi connectivity index (χ4v) is 5.11. The maximum atomic E-state index is 12.7. The van der Waals surface area contributed by atoms with Gasteiger partial charge in [-0.25, -0.2) is 13.2 Å². The molecular formula is C18H23N3O3S2. The van der Waals surface area contributed by atoms with Gasteiger partial charge >= 0.3 is 6.03 Å². The molecule has 1 aromatic heterocycles. The predicted octanol–water partition coefficient (Wildman–Crippen LogP) is 2.58. The fourth-order valence-electron chi connectivity index (χ4n) is 2.84. The lowest BCUT2D eigenvalue weighted by molar-refractivity contribution is 0.172. The fraction of sp³-hybridized carbons (Fsp3) is 0.389. The molecule has 2 heterocycles. The van der Waals surface area contributed by atoms with Crippen LogP contribution in [0.15, 0.2) is 40.6 Å². The molecule has 0 atom stereocenters. The number of nitrogens with zero attached hydrogens (tertiary/aromatic N) is 2. The van der Waals surface area contributed by atoms with E-state index in [2.05, 4.69) is 5.32 Å². The third-order valence-corrected chi connectivity index (χ3v) is 7.49. The largest absolute Gasteiger partial charge is 0.333 e. The number of hydrogen-bond donors (Lipinski definition) is 1. The molecule has 0 spiro atoms. The minimum absolute atomic E-state index is 0.148. The van der Waals surface area contributed by atoms with Crippen molar-refractivity contribution in [2.75, 3.05) is 26.2 Å². The van der Waals surface area contributed by atoms with Crippen LogP contribution in [0.3, 0.4) is 0 Å². The molecule has 1 aliphatic rings. The molecular weight excluding hydrogens is 370 g/mol. The lowest BCUT2D eigenvalue weighted by atomic mass is 10.2. The van der Waals surface area contributed by atoms with Crippen LogP contribution in [0.4, 0.5) is 4.79 Å². The first kappa shape index (κ1) is 18.9. The van der Waals surface area contributed by atoms with Crippen molar-refractivity contribution in [3.05, 3.63) is 51.7 Å². The van der Waals surface area contributed by atoms with Gasteiger partial charge in [0.1, 0.15) is 0 Å². The van der Waals surface area contributed by atoms with Crippen LogP contribution in [0.5, 0.6) is 0 Å². The van der Waals surface area contributed by atoms with E-state index in [0.717, 1.165) is 10.4 Å². The summed E-state index contributed by atoms with van der Waals surface area (Å²) in [5, 5.41) is 4.92. The predicted molar refractivity (Wildman–Crippen MR) is 103 cm³/mol. The quantitative estimate of drug-likeness (QED) is 0.868. The van der Waals surface area contributed by atoms with Crippen molar-refractivity contribution in [2.24, 2.45) is 0 Å². The van der Waals surface area contributed by atoms with Crippen LogP contribution in [0.2, 0.25) is 0 Å². The minimum Gasteiger partial charge on any atom is -0.333 e. The molecule has 3 rings (SSSR count). The number of sulfonamides is 1. The summed E-state index contributed by atoms with van der Waals surface area (Å²) in [4.78, 5) is 15.4.